The summed E-state index contributed by atoms with van der Waals surface area (Å²) in [6, 6.07) is 0.458. The van der Waals surface area contributed by atoms with E-state index in [-0.39, 0.29) is 9.64 Å². The molecule has 3 heterocycles. The van der Waals surface area contributed by atoms with Gasteiger partial charge in [-0.25, -0.2) is 0 Å². The van der Waals surface area contributed by atoms with Crippen LogP contribution in [0.2, 0.25) is 0 Å². The number of hydrogen-bond donors (Lipinski definition) is 3. The minimum atomic E-state index is -1.13. The summed E-state index contributed by atoms with van der Waals surface area (Å²) in [5.41, 5.74) is 6.10. The molecular weight excluding hydrogens is 498 g/mol. The number of rotatable bonds is 4. The molecule has 0 aromatic carbocycles. The number of hydrogen-bond acceptors (Lipinski definition) is 6. The van der Waals surface area contributed by atoms with Crippen LogP contribution in [0.1, 0.15) is 19.8 Å². The van der Waals surface area contributed by atoms with Crippen molar-refractivity contribution >= 4 is 54.8 Å². The number of amidine groups is 1. The number of esters is 1. The summed E-state index contributed by atoms with van der Waals surface area (Å²) in [6.45, 7) is 2.49. The summed E-state index contributed by atoms with van der Waals surface area (Å²) >= 11 is 1.11. The Morgan fingerprint density at radius 2 is 2.33 bits per heavy atom. The number of carbonyl (C=O) groups excluding carboxylic acids is 1. The quantitative estimate of drug-likeness (QED) is 0.129. The standard InChI is InChI=1S/C13H18I2N4O2/c1-12(14,13-15(18-13)19-13)11(20)21-4-7-5-2-6-8(3-5)17-10(16)9(6)7/h5-9,18-19H,2-4H2,1H3,(H2,16,17). The van der Waals surface area contributed by atoms with Crippen molar-refractivity contribution in [3.63, 3.8) is 0 Å². The van der Waals surface area contributed by atoms with Crippen molar-refractivity contribution in [3.8, 4) is 0 Å². The van der Waals surface area contributed by atoms with Crippen LogP contribution in [0.25, 0.3) is 0 Å². The Hall–Kier alpha value is 0.320. The number of halogens is 2. The minimum absolute atomic E-state index is 0.0534. The molecule has 5 aliphatic rings. The van der Waals surface area contributed by atoms with E-state index < -0.39 is 23.8 Å². The van der Waals surface area contributed by atoms with Crippen LogP contribution in [0.15, 0.2) is 4.99 Å². The summed E-state index contributed by atoms with van der Waals surface area (Å²) in [7, 11) is 0. The van der Waals surface area contributed by atoms with Crippen molar-refractivity contribution in [3.05, 3.63) is 0 Å². The zero-order valence-corrected chi connectivity index (χ0v) is 15.9. The molecule has 0 spiro atoms. The van der Waals surface area contributed by atoms with Crippen LogP contribution in [-0.4, -0.2) is 31.5 Å². The SMILES string of the molecule is CC(I)(C(=O)OCC1C2CC3N=C(N)C1C3C2)C12NI1N2. The second kappa shape index (κ2) is 4.04. The third kappa shape index (κ3) is 1.65. The average molecular weight is 516 g/mol. The molecule has 0 aromatic rings. The van der Waals surface area contributed by atoms with Crippen LogP contribution in [0.4, 0.5) is 0 Å². The molecule has 21 heavy (non-hydrogen) atoms. The van der Waals surface area contributed by atoms with Crippen LogP contribution < -0.4 is 12.8 Å². The predicted molar refractivity (Wildman–Crippen MR) is 95.0 cm³/mol. The van der Waals surface area contributed by atoms with E-state index in [4.69, 9.17) is 10.5 Å². The Morgan fingerprint density at radius 3 is 3.00 bits per heavy atom. The molecule has 6 atom stereocenters. The molecule has 4 N–H and O–H groups in total. The number of alkyl halides is 2. The molecule has 2 bridgehead atoms. The van der Waals surface area contributed by atoms with Crippen LogP contribution in [-0.2, 0) is 9.53 Å². The van der Waals surface area contributed by atoms with E-state index in [9.17, 15) is 4.79 Å². The fourth-order valence-electron chi connectivity index (χ4n) is 4.57. The first kappa shape index (κ1) is 13.7. The Morgan fingerprint density at radius 1 is 1.62 bits per heavy atom. The molecule has 0 aromatic heterocycles. The monoisotopic (exact) mass is 516 g/mol. The molecule has 2 saturated carbocycles. The predicted octanol–water partition coefficient (Wildman–Crippen LogP) is 0.931. The molecule has 5 rings (SSSR count). The van der Waals surface area contributed by atoms with Crippen molar-refractivity contribution in [2.75, 3.05) is 6.61 Å². The van der Waals surface area contributed by atoms with Crippen molar-refractivity contribution < 1.29 is 9.53 Å². The summed E-state index contributed by atoms with van der Waals surface area (Å²) < 4.78 is 12.0. The third-order valence-electron chi connectivity index (χ3n) is 5.90. The normalized spacial score (nSPS) is 47.6. The summed E-state index contributed by atoms with van der Waals surface area (Å²) in [6.07, 6.45) is 2.35. The van der Waals surface area contributed by atoms with Crippen LogP contribution in [0.5, 0.6) is 0 Å². The number of ether oxygens (including phenoxy) is 1. The fraction of sp³-hybridized carbons (Fsp3) is 0.846. The Labute approximate surface area is 144 Å². The Balaban J connectivity index is 1.27. The van der Waals surface area contributed by atoms with Gasteiger partial charge >= 0.3 is 145 Å². The van der Waals surface area contributed by atoms with Crippen molar-refractivity contribution in [1.82, 2.24) is 7.06 Å². The number of carbonyl (C=O) groups is 1. The fourth-order valence-corrected chi connectivity index (χ4v) is 12.4. The van der Waals surface area contributed by atoms with Gasteiger partial charge in [-0.1, -0.05) is 0 Å². The summed E-state index contributed by atoms with van der Waals surface area (Å²) in [5, 5.41) is 0. The van der Waals surface area contributed by atoms with Gasteiger partial charge in [-0.3, -0.25) is 0 Å². The van der Waals surface area contributed by atoms with E-state index in [0.29, 0.717) is 36.3 Å². The van der Waals surface area contributed by atoms with E-state index in [1.165, 1.54) is 6.42 Å². The van der Waals surface area contributed by atoms with Gasteiger partial charge in [-0.2, -0.15) is 0 Å². The van der Waals surface area contributed by atoms with Crippen LogP contribution >= 0.6 is 43.0 Å². The van der Waals surface area contributed by atoms with Gasteiger partial charge in [-0.15, -0.1) is 0 Å². The molecule has 6 nitrogen and oxygen atoms in total. The molecule has 6 unspecified atom stereocenters. The van der Waals surface area contributed by atoms with Gasteiger partial charge in [0.05, 0.1) is 0 Å². The van der Waals surface area contributed by atoms with Crippen molar-refractivity contribution in [2.45, 2.75) is 32.9 Å². The number of aliphatic imine (C=N–C) groups is 1. The zero-order chi connectivity index (χ0) is 14.6. The second-order valence-electron chi connectivity index (χ2n) is 6.94. The first-order chi connectivity index (χ1) is 9.94. The van der Waals surface area contributed by atoms with Gasteiger partial charge in [0.1, 0.15) is 0 Å². The number of nitrogens with one attached hydrogen (secondary N) is 2. The molecule has 0 amide bonds. The number of nitrogens with zero attached hydrogens (tertiary/aromatic N) is 1. The van der Waals surface area contributed by atoms with E-state index in [1.54, 1.807) is 0 Å². The van der Waals surface area contributed by atoms with Gasteiger partial charge in [0.25, 0.3) is 0 Å². The summed E-state index contributed by atoms with van der Waals surface area (Å²) in [5.74, 6) is 2.73. The third-order valence-corrected chi connectivity index (χ3v) is 13.0. The zero-order valence-electron chi connectivity index (χ0n) is 11.6. The Kier molecular flexibility index (Phi) is 2.64. The molecule has 116 valence electrons. The van der Waals surface area contributed by atoms with Gasteiger partial charge in [-0.05, 0) is 0 Å². The van der Waals surface area contributed by atoms with Crippen LogP contribution in [0, 0.1) is 23.7 Å². The first-order valence-corrected chi connectivity index (χ1v) is 11.7. The van der Waals surface area contributed by atoms with Gasteiger partial charge in [0.2, 0.25) is 0 Å². The molecular formula is C13H18I2N4O2. The number of fused-ring (bicyclic) bond motifs is 2. The second-order valence-corrected chi connectivity index (χ2v) is 13.4. The van der Waals surface area contributed by atoms with E-state index in [1.807, 2.05) is 6.92 Å². The molecule has 0 radical (unpaired) electrons. The molecule has 2 aliphatic carbocycles. The molecule has 4 fully saturated rings. The van der Waals surface area contributed by atoms with Crippen LogP contribution in [0.3, 0.4) is 0 Å². The topological polar surface area (TPSA) is 109 Å². The van der Waals surface area contributed by atoms with E-state index in [2.05, 4.69) is 34.6 Å². The van der Waals surface area contributed by atoms with Crippen molar-refractivity contribution in [1.29, 1.82) is 0 Å². The molecule has 2 saturated heterocycles. The Bertz CT molecular complexity index is 575. The number of nitrogens with two attached hydrogens (primary N) is 1. The maximum absolute atomic E-state index is 12.5. The van der Waals surface area contributed by atoms with E-state index >= 15 is 0 Å². The molecule has 3 aliphatic heterocycles. The van der Waals surface area contributed by atoms with E-state index in [0.717, 1.165) is 12.3 Å². The first-order valence-electron chi connectivity index (χ1n) is 7.39. The van der Waals surface area contributed by atoms with Gasteiger partial charge < -0.3 is 0 Å². The molecule has 8 heteroatoms. The van der Waals surface area contributed by atoms with Gasteiger partial charge in [0, 0.05) is 0 Å². The maximum atomic E-state index is 12.5. The van der Waals surface area contributed by atoms with Crippen molar-refractivity contribution in [2.24, 2.45) is 34.4 Å². The van der Waals surface area contributed by atoms with Gasteiger partial charge in [0.15, 0.2) is 0 Å². The average Bonchev–Trinajstić information content (AvgIpc) is 3.17. The summed E-state index contributed by atoms with van der Waals surface area (Å²) in [4.78, 5) is 17.1.